The fourth-order valence-corrected chi connectivity index (χ4v) is 2.80. The monoisotopic (exact) mass is 291 g/mol. The highest BCUT2D eigenvalue weighted by atomic mass is 16.3. The Balaban J connectivity index is 1.90. The minimum atomic E-state index is -0.0322. The number of amides is 1. The van der Waals surface area contributed by atoms with E-state index in [0.717, 1.165) is 44.7 Å². The molecule has 1 heterocycles. The van der Waals surface area contributed by atoms with E-state index in [0.29, 0.717) is 6.54 Å². The highest BCUT2D eigenvalue weighted by molar-refractivity contribution is 5.79. The van der Waals surface area contributed by atoms with Gasteiger partial charge in [0.15, 0.2) is 0 Å². The maximum absolute atomic E-state index is 12.4. The first-order valence-electron chi connectivity index (χ1n) is 7.68. The number of carbonyl (C=O) groups is 1. The van der Waals surface area contributed by atoms with E-state index in [-0.39, 0.29) is 17.6 Å². The van der Waals surface area contributed by atoms with Crippen LogP contribution in [0.25, 0.3) is 0 Å². The molecule has 1 saturated heterocycles. The average molecular weight is 291 g/mol. The van der Waals surface area contributed by atoms with Crippen LogP contribution in [0, 0.1) is 5.92 Å². The number of hydrogen-bond acceptors (Lipinski definition) is 4. The van der Waals surface area contributed by atoms with Gasteiger partial charge in [0.1, 0.15) is 5.75 Å². The standard InChI is InChI=1S/C16H25N3O2/c1-2-3-13(12-17)16(21)19-10-8-18(9-11-19)14-4-6-15(20)7-5-14/h4-7,13,20H,2-3,8-12,17H2,1H3. The number of nitrogens with zero attached hydrogens (tertiary/aromatic N) is 2. The van der Waals surface area contributed by atoms with Gasteiger partial charge in [0.2, 0.25) is 5.91 Å². The molecule has 0 spiro atoms. The molecule has 0 radical (unpaired) electrons. The van der Waals surface area contributed by atoms with Crippen LogP contribution < -0.4 is 10.6 Å². The quantitative estimate of drug-likeness (QED) is 0.861. The number of anilines is 1. The zero-order valence-electron chi connectivity index (χ0n) is 12.7. The summed E-state index contributed by atoms with van der Waals surface area (Å²) >= 11 is 0. The first-order chi connectivity index (χ1) is 10.2. The molecule has 0 aliphatic carbocycles. The molecule has 1 aromatic carbocycles. The Kier molecular flexibility index (Phi) is 5.44. The van der Waals surface area contributed by atoms with Crippen LogP contribution >= 0.6 is 0 Å². The van der Waals surface area contributed by atoms with E-state index in [4.69, 9.17) is 5.73 Å². The summed E-state index contributed by atoms with van der Waals surface area (Å²) in [5.74, 6) is 0.442. The molecule has 0 aromatic heterocycles. The molecule has 116 valence electrons. The molecule has 5 heteroatoms. The van der Waals surface area contributed by atoms with Gasteiger partial charge in [-0.15, -0.1) is 0 Å². The summed E-state index contributed by atoms with van der Waals surface area (Å²) in [6, 6.07) is 7.20. The van der Waals surface area contributed by atoms with Gasteiger partial charge in [-0.1, -0.05) is 13.3 Å². The van der Waals surface area contributed by atoms with Crippen molar-refractivity contribution >= 4 is 11.6 Å². The van der Waals surface area contributed by atoms with E-state index in [1.807, 2.05) is 17.0 Å². The van der Waals surface area contributed by atoms with Crippen LogP contribution in [0.1, 0.15) is 19.8 Å². The lowest BCUT2D eigenvalue weighted by atomic mass is 10.0. The zero-order chi connectivity index (χ0) is 15.2. The van der Waals surface area contributed by atoms with Crippen LogP contribution in [0.4, 0.5) is 5.69 Å². The highest BCUT2D eigenvalue weighted by Crippen LogP contribution is 2.20. The van der Waals surface area contributed by atoms with Crippen LogP contribution in [-0.2, 0) is 4.79 Å². The number of piperazine rings is 1. The third-order valence-electron chi connectivity index (χ3n) is 4.08. The van der Waals surface area contributed by atoms with Crippen molar-refractivity contribution in [3.05, 3.63) is 24.3 Å². The predicted molar refractivity (Wildman–Crippen MR) is 84.4 cm³/mol. The van der Waals surface area contributed by atoms with Crippen LogP contribution in [0.15, 0.2) is 24.3 Å². The van der Waals surface area contributed by atoms with Crippen molar-refractivity contribution in [3.8, 4) is 5.75 Å². The van der Waals surface area contributed by atoms with E-state index >= 15 is 0 Å². The van der Waals surface area contributed by atoms with Crippen LogP contribution in [0.5, 0.6) is 5.75 Å². The van der Waals surface area contributed by atoms with Crippen molar-refractivity contribution < 1.29 is 9.90 Å². The van der Waals surface area contributed by atoms with Gasteiger partial charge >= 0.3 is 0 Å². The second-order valence-corrected chi connectivity index (χ2v) is 5.55. The summed E-state index contributed by atoms with van der Waals surface area (Å²) in [7, 11) is 0. The predicted octanol–water partition coefficient (Wildman–Crippen LogP) is 1.42. The first kappa shape index (κ1) is 15.6. The summed E-state index contributed by atoms with van der Waals surface area (Å²) in [6.45, 7) is 5.63. The first-order valence-corrected chi connectivity index (χ1v) is 7.68. The van der Waals surface area contributed by atoms with Gasteiger partial charge in [0, 0.05) is 38.4 Å². The van der Waals surface area contributed by atoms with Gasteiger partial charge in [0.05, 0.1) is 5.92 Å². The van der Waals surface area contributed by atoms with Crippen molar-refractivity contribution in [2.45, 2.75) is 19.8 Å². The van der Waals surface area contributed by atoms with E-state index in [2.05, 4.69) is 11.8 Å². The number of nitrogens with two attached hydrogens (primary N) is 1. The lowest BCUT2D eigenvalue weighted by Gasteiger charge is -2.37. The Bertz CT molecular complexity index is 453. The van der Waals surface area contributed by atoms with Crippen molar-refractivity contribution in [3.63, 3.8) is 0 Å². The molecule has 1 atom stereocenters. The van der Waals surface area contributed by atoms with Gasteiger partial charge in [0.25, 0.3) is 0 Å². The molecule has 21 heavy (non-hydrogen) atoms. The number of aromatic hydroxyl groups is 1. The van der Waals surface area contributed by atoms with Crippen molar-refractivity contribution in [2.24, 2.45) is 11.7 Å². The molecule has 0 bridgehead atoms. The molecule has 1 aromatic rings. The van der Waals surface area contributed by atoms with Gasteiger partial charge < -0.3 is 20.6 Å². The number of phenolic OH excluding ortho intramolecular Hbond substituents is 1. The fourth-order valence-electron chi connectivity index (χ4n) is 2.80. The SMILES string of the molecule is CCCC(CN)C(=O)N1CCN(c2ccc(O)cc2)CC1. The normalized spacial score (nSPS) is 16.9. The maximum Gasteiger partial charge on any atom is 0.227 e. The van der Waals surface area contributed by atoms with Crippen LogP contribution in [0.2, 0.25) is 0 Å². The Morgan fingerprint density at radius 2 is 1.86 bits per heavy atom. The molecule has 1 unspecified atom stereocenters. The number of benzene rings is 1. The highest BCUT2D eigenvalue weighted by Gasteiger charge is 2.26. The minimum Gasteiger partial charge on any atom is -0.508 e. The number of carbonyl (C=O) groups excluding carboxylic acids is 1. The summed E-state index contributed by atoms with van der Waals surface area (Å²) in [5, 5.41) is 9.33. The molecule has 5 nitrogen and oxygen atoms in total. The molecule has 2 rings (SSSR count). The second kappa shape index (κ2) is 7.31. The van der Waals surface area contributed by atoms with Crippen molar-refractivity contribution in [1.82, 2.24) is 4.90 Å². The third kappa shape index (κ3) is 3.88. The van der Waals surface area contributed by atoms with Gasteiger partial charge in [-0.2, -0.15) is 0 Å². The maximum atomic E-state index is 12.4. The molecular formula is C16H25N3O2. The van der Waals surface area contributed by atoms with Crippen molar-refractivity contribution in [1.29, 1.82) is 0 Å². The van der Waals surface area contributed by atoms with E-state index in [9.17, 15) is 9.90 Å². The summed E-state index contributed by atoms with van der Waals surface area (Å²) in [4.78, 5) is 16.6. The molecule has 1 amide bonds. The number of phenols is 1. The smallest absolute Gasteiger partial charge is 0.227 e. The van der Waals surface area contributed by atoms with Gasteiger partial charge in [-0.3, -0.25) is 4.79 Å². The van der Waals surface area contributed by atoms with E-state index in [1.165, 1.54) is 0 Å². The van der Waals surface area contributed by atoms with Gasteiger partial charge in [-0.25, -0.2) is 0 Å². The Morgan fingerprint density at radius 1 is 1.24 bits per heavy atom. The molecular weight excluding hydrogens is 266 g/mol. The molecule has 1 aliphatic heterocycles. The summed E-state index contributed by atoms with van der Waals surface area (Å²) < 4.78 is 0. The minimum absolute atomic E-state index is 0.0322. The number of hydrogen-bond donors (Lipinski definition) is 2. The summed E-state index contributed by atoms with van der Waals surface area (Å²) in [5.41, 5.74) is 6.80. The third-order valence-corrected chi connectivity index (χ3v) is 4.08. The molecule has 3 N–H and O–H groups in total. The second-order valence-electron chi connectivity index (χ2n) is 5.55. The largest absolute Gasteiger partial charge is 0.508 e. The Morgan fingerprint density at radius 3 is 2.38 bits per heavy atom. The fraction of sp³-hybridized carbons (Fsp3) is 0.562. The number of rotatable bonds is 5. The molecule has 1 fully saturated rings. The molecule has 0 saturated carbocycles. The van der Waals surface area contributed by atoms with Crippen LogP contribution in [0.3, 0.4) is 0 Å². The Labute approximate surface area is 126 Å². The van der Waals surface area contributed by atoms with E-state index < -0.39 is 0 Å². The van der Waals surface area contributed by atoms with Crippen LogP contribution in [-0.4, -0.2) is 48.6 Å². The van der Waals surface area contributed by atoms with Crippen molar-refractivity contribution in [2.75, 3.05) is 37.6 Å². The zero-order valence-corrected chi connectivity index (χ0v) is 12.7. The van der Waals surface area contributed by atoms with Gasteiger partial charge in [-0.05, 0) is 30.7 Å². The topological polar surface area (TPSA) is 69.8 Å². The lowest BCUT2D eigenvalue weighted by molar-refractivity contribution is -0.135. The lowest BCUT2D eigenvalue weighted by Crippen LogP contribution is -2.51. The average Bonchev–Trinajstić information content (AvgIpc) is 2.53. The Hall–Kier alpha value is -1.75. The van der Waals surface area contributed by atoms with E-state index in [1.54, 1.807) is 12.1 Å². The molecule has 1 aliphatic rings. The summed E-state index contributed by atoms with van der Waals surface area (Å²) in [6.07, 6.45) is 1.86.